The smallest absolute Gasteiger partial charge is 0.259 e. The number of furan rings is 1. The SMILES string of the molecule is CC(=O)c1ccc(-c2ccc(C3C4=C(CN(C(C)=O)C4=O)Nc4cccc5c4c3cn5CCC(C)C)o2)cc1. The summed E-state index contributed by atoms with van der Waals surface area (Å²) < 4.78 is 8.72. The second-order valence-electron chi connectivity index (χ2n) is 10.9. The zero-order chi connectivity index (χ0) is 27.4. The maximum Gasteiger partial charge on any atom is 0.259 e. The van der Waals surface area contributed by atoms with Gasteiger partial charge in [-0.25, -0.2) is 0 Å². The number of carbonyl (C=O) groups is 3. The molecule has 0 saturated carbocycles. The summed E-state index contributed by atoms with van der Waals surface area (Å²) in [4.78, 5) is 39.1. The fourth-order valence-electron chi connectivity index (χ4n) is 5.68. The Bertz CT molecular complexity index is 1670. The number of imide groups is 1. The number of rotatable bonds is 6. The Morgan fingerprint density at radius 2 is 1.82 bits per heavy atom. The van der Waals surface area contributed by atoms with E-state index in [0.717, 1.165) is 46.4 Å². The second kappa shape index (κ2) is 9.42. The van der Waals surface area contributed by atoms with Crippen molar-refractivity contribution in [3.63, 3.8) is 0 Å². The van der Waals surface area contributed by atoms with Crippen molar-refractivity contribution in [3.8, 4) is 11.3 Å². The molecule has 1 atom stereocenters. The molecule has 0 radical (unpaired) electrons. The number of aromatic nitrogens is 1. The topological polar surface area (TPSA) is 84.5 Å². The van der Waals surface area contributed by atoms with Gasteiger partial charge in [-0.3, -0.25) is 19.3 Å². The molecule has 0 fully saturated rings. The van der Waals surface area contributed by atoms with Crippen LogP contribution in [0.25, 0.3) is 22.2 Å². The molecule has 2 amide bonds. The van der Waals surface area contributed by atoms with Gasteiger partial charge < -0.3 is 14.3 Å². The first-order valence-corrected chi connectivity index (χ1v) is 13.4. The van der Waals surface area contributed by atoms with E-state index >= 15 is 0 Å². The summed E-state index contributed by atoms with van der Waals surface area (Å²) in [6, 6.07) is 17.3. The maximum absolute atomic E-state index is 13.7. The standard InChI is InChI=1S/C32H31N3O4/c1-18(2)14-15-34-16-23-29-24(6-5-7-26(29)34)33-25-17-35(20(4)37)32(38)31(25)30(23)28-13-12-27(39-28)22-10-8-21(9-11-22)19(3)36/h5-13,16,18,30,33H,14-15,17H2,1-4H3. The Hall–Kier alpha value is -4.39. The summed E-state index contributed by atoms with van der Waals surface area (Å²) in [5.74, 6) is 0.771. The lowest BCUT2D eigenvalue weighted by molar-refractivity contribution is -0.139. The minimum Gasteiger partial charge on any atom is -0.460 e. The van der Waals surface area contributed by atoms with Gasteiger partial charge in [-0.1, -0.05) is 44.2 Å². The van der Waals surface area contributed by atoms with Crippen molar-refractivity contribution in [1.29, 1.82) is 0 Å². The van der Waals surface area contributed by atoms with Crippen LogP contribution in [0.3, 0.4) is 0 Å². The van der Waals surface area contributed by atoms with Gasteiger partial charge >= 0.3 is 0 Å². The van der Waals surface area contributed by atoms with E-state index in [9.17, 15) is 14.4 Å². The lowest BCUT2D eigenvalue weighted by Gasteiger charge is -2.17. The molecular formula is C32H31N3O4. The Balaban J connectivity index is 1.51. The van der Waals surface area contributed by atoms with E-state index in [-0.39, 0.29) is 24.1 Å². The maximum atomic E-state index is 13.7. The number of benzene rings is 2. The van der Waals surface area contributed by atoms with Crippen molar-refractivity contribution in [1.82, 2.24) is 9.47 Å². The molecule has 2 aliphatic rings. The van der Waals surface area contributed by atoms with Crippen LogP contribution in [0.4, 0.5) is 5.69 Å². The zero-order valence-electron chi connectivity index (χ0n) is 22.6. The summed E-state index contributed by atoms with van der Waals surface area (Å²) in [6.07, 6.45) is 3.17. The van der Waals surface area contributed by atoms with Gasteiger partial charge in [0.05, 0.1) is 23.6 Å². The highest BCUT2D eigenvalue weighted by atomic mass is 16.3. The minimum absolute atomic E-state index is 0.00605. The van der Waals surface area contributed by atoms with E-state index in [1.165, 1.54) is 11.8 Å². The summed E-state index contributed by atoms with van der Waals surface area (Å²) in [7, 11) is 0. The van der Waals surface area contributed by atoms with Crippen LogP contribution in [0.15, 0.2) is 76.5 Å². The third-order valence-corrected chi connectivity index (χ3v) is 7.75. The number of hydrogen-bond donors (Lipinski definition) is 1. The van der Waals surface area contributed by atoms with E-state index in [1.807, 2.05) is 36.4 Å². The second-order valence-corrected chi connectivity index (χ2v) is 10.9. The molecular weight excluding hydrogens is 490 g/mol. The molecule has 1 unspecified atom stereocenters. The van der Waals surface area contributed by atoms with Crippen LogP contribution in [-0.4, -0.2) is 33.6 Å². The molecule has 0 spiro atoms. The predicted molar refractivity (Wildman–Crippen MR) is 150 cm³/mol. The molecule has 1 N–H and O–H groups in total. The molecule has 0 bridgehead atoms. The van der Waals surface area contributed by atoms with E-state index < -0.39 is 5.92 Å². The number of hydrogen-bond acceptors (Lipinski definition) is 5. The number of nitrogens with zero attached hydrogens (tertiary/aromatic N) is 2. The van der Waals surface area contributed by atoms with E-state index in [1.54, 1.807) is 19.1 Å². The van der Waals surface area contributed by atoms with E-state index in [0.29, 0.717) is 28.6 Å². The molecule has 198 valence electrons. The van der Waals surface area contributed by atoms with Gasteiger partial charge in [0.1, 0.15) is 11.5 Å². The highest BCUT2D eigenvalue weighted by Crippen LogP contribution is 2.47. The van der Waals surface area contributed by atoms with E-state index in [4.69, 9.17) is 4.42 Å². The third-order valence-electron chi connectivity index (χ3n) is 7.75. The molecule has 2 aromatic carbocycles. The number of ketones is 1. The van der Waals surface area contributed by atoms with Crippen LogP contribution < -0.4 is 5.32 Å². The first-order chi connectivity index (χ1) is 18.7. The summed E-state index contributed by atoms with van der Waals surface area (Å²) >= 11 is 0. The Morgan fingerprint density at radius 1 is 1.05 bits per heavy atom. The Morgan fingerprint density at radius 3 is 2.51 bits per heavy atom. The number of amides is 2. The average molecular weight is 522 g/mol. The minimum atomic E-state index is -0.485. The molecule has 7 heteroatoms. The van der Waals surface area contributed by atoms with Crippen molar-refractivity contribution < 1.29 is 18.8 Å². The van der Waals surface area contributed by atoms with Gasteiger partial charge in [-0.2, -0.15) is 0 Å². The summed E-state index contributed by atoms with van der Waals surface area (Å²) in [5.41, 5.74) is 5.75. The third kappa shape index (κ3) is 4.18. The molecule has 0 saturated heterocycles. The first-order valence-electron chi connectivity index (χ1n) is 13.4. The Kier molecular flexibility index (Phi) is 6.02. The number of Topliss-reactive ketones (excluding diaryl/α,β-unsaturated/α-hetero) is 1. The Labute approximate surface area is 227 Å². The molecule has 4 heterocycles. The molecule has 2 aromatic heterocycles. The first kappa shape index (κ1) is 24.9. The lowest BCUT2D eigenvalue weighted by atomic mass is 9.88. The number of nitrogens with one attached hydrogen (secondary N) is 1. The van der Waals surface area contributed by atoms with Crippen molar-refractivity contribution in [3.05, 3.63) is 89.0 Å². The molecule has 7 nitrogen and oxygen atoms in total. The molecule has 4 aromatic rings. The van der Waals surface area contributed by atoms with Crippen LogP contribution in [0, 0.1) is 5.92 Å². The van der Waals surface area contributed by atoms with Gasteiger partial charge in [0.2, 0.25) is 5.91 Å². The zero-order valence-corrected chi connectivity index (χ0v) is 22.6. The number of carbonyl (C=O) groups excluding carboxylic acids is 3. The lowest BCUT2D eigenvalue weighted by Crippen LogP contribution is -2.33. The number of aryl methyl sites for hydroxylation is 1. The van der Waals surface area contributed by atoms with Crippen LogP contribution in [0.5, 0.6) is 0 Å². The highest BCUT2D eigenvalue weighted by molar-refractivity contribution is 6.11. The van der Waals surface area contributed by atoms with Gasteiger partial charge in [-0.15, -0.1) is 0 Å². The van der Waals surface area contributed by atoms with Gasteiger partial charge in [-0.05, 0) is 49.1 Å². The molecule has 39 heavy (non-hydrogen) atoms. The van der Waals surface area contributed by atoms with Gasteiger partial charge in [0.15, 0.2) is 5.78 Å². The van der Waals surface area contributed by atoms with Gasteiger partial charge in [0.25, 0.3) is 5.91 Å². The highest BCUT2D eigenvalue weighted by Gasteiger charge is 2.42. The van der Waals surface area contributed by atoms with Crippen LogP contribution in [0.1, 0.15) is 61.7 Å². The van der Waals surface area contributed by atoms with Crippen LogP contribution in [0.2, 0.25) is 0 Å². The monoisotopic (exact) mass is 521 g/mol. The fraction of sp³-hybridized carbons (Fsp3) is 0.281. The van der Waals surface area contributed by atoms with Crippen LogP contribution >= 0.6 is 0 Å². The van der Waals surface area contributed by atoms with Crippen molar-refractivity contribution in [2.24, 2.45) is 5.92 Å². The quantitative estimate of drug-likeness (QED) is 0.299. The average Bonchev–Trinajstić information content (AvgIpc) is 3.59. The fourth-order valence-corrected chi connectivity index (χ4v) is 5.68. The van der Waals surface area contributed by atoms with Gasteiger partial charge in [0, 0.05) is 47.6 Å². The normalized spacial score (nSPS) is 16.6. The molecule has 0 aliphatic carbocycles. The predicted octanol–water partition coefficient (Wildman–Crippen LogP) is 6.35. The summed E-state index contributed by atoms with van der Waals surface area (Å²) in [6.45, 7) is 8.44. The van der Waals surface area contributed by atoms with Crippen molar-refractivity contribution >= 4 is 34.2 Å². The van der Waals surface area contributed by atoms with Crippen molar-refractivity contribution in [2.75, 3.05) is 11.9 Å². The van der Waals surface area contributed by atoms with Crippen LogP contribution in [-0.2, 0) is 16.1 Å². The van der Waals surface area contributed by atoms with Crippen molar-refractivity contribution in [2.45, 2.75) is 46.6 Å². The molecule has 2 aliphatic heterocycles. The number of anilines is 1. The summed E-state index contributed by atoms with van der Waals surface area (Å²) in [5, 5.41) is 4.57. The largest absolute Gasteiger partial charge is 0.460 e. The van der Waals surface area contributed by atoms with E-state index in [2.05, 4.69) is 36.0 Å². The molecule has 6 rings (SSSR count).